The van der Waals surface area contributed by atoms with Gasteiger partial charge in [-0.3, -0.25) is 0 Å². The summed E-state index contributed by atoms with van der Waals surface area (Å²) in [7, 11) is 0. The van der Waals surface area contributed by atoms with Gasteiger partial charge in [0.2, 0.25) is 0 Å². The number of fused-ring (bicyclic) bond motifs is 1. The summed E-state index contributed by atoms with van der Waals surface area (Å²) in [5.74, 6) is 0.729. The fourth-order valence-corrected chi connectivity index (χ4v) is 1.65. The zero-order valence-corrected chi connectivity index (χ0v) is 8.70. The number of hydrogen-bond donors (Lipinski definition) is 0. The van der Waals surface area contributed by atoms with Crippen LogP contribution in [0.2, 0.25) is 0 Å². The van der Waals surface area contributed by atoms with E-state index in [2.05, 4.69) is 20.5 Å². The van der Waals surface area contributed by atoms with Gasteiger partial charge < -0.3 is 0 Å². The van der Waals surface area contributed by atoms with Crippen molar-refractivity contribution in [1.82, 2.24) is 25.0 Å². The maximum atomic E-state index is 4.20. The molecular weight excluding hydrogens is 202 g/mol. The largest absolute Gasteiger partial charge is 0.195 e. The number of hydrogen-bond acceptors (Lipinski definition) is 4. The molecule has 0 bridgehead atoms. The Kier molecular flexibility index (Phi) is 1.89. The fraction of sp³-hybridized carbons (Fsp3) is 0.0909. The van der Waals surface area contributed by atoms with Crippen molar-refractivity contribution in [3.63, 3.8) is 0 Å². The van der Waals surface area contributed by atoms with Crippen molar-refractivity contribution in [2.45, 2.75) is 6.92 Å². The van der Waals surface area contributed by atoms with Gasteiger partial charge in [0.15, 0.2) is 5.82 Å². The van der Waals surface area contributed by atoms with E-state index >= 15 is 0 Å². The monoisotopic (exact) mass is 211 g/mol. The van der Waals surface area contributed by atoms with E-state index in [1.165, 1.54) is 0 Å². The minimum Gasteiger partial charge on any atom is -0.195 e. The highest BCUT2D eigenvalue weighted by Gasteiger charge is 2.09. The number of rotatable bonds is 1. The Morgan fingerprint density at radius 1 is 1.06 bits per heavy atom. The molecule has 2 heterocycles. The topological polar surface area (TPSA) is 56.0 Å². The van der Waals surface area contributed by atoms with E-state index < -0.39 is 0 Å². The van der Waals surface area contributed by atoms with Gasteiger partial charge in [-0.2, -0.15) is 4.52 Å². The normalized spacial score (nSPS) is 10.8. The molecule has 3 rings (SSSR count). The van der Waals surface area contributed by atoms with Crippen LogP contribution in [0.25, 0.3) is 16.8 Å². The van der Waals surface area contributed by atoms with Gasteiger partial charge in [-0.25, -0.2) is 0 Å². The van der Waals surface area contributed by atoms with Crippen molar-refractivity contribution in [3.8, 4) is 11.3 Å². The lowest BCUT2D eigenvalue weighted by Gasteiger charge is -2.02. The van der Waals surface area contributed by atoms with Gasteiger partial charge in [0.1, 0.15) is 11.2 Å². The second kappa shape index (κ2) is 3.37. The zero-order valence-electron chi connectivity index (χ0n) is 8.70. The first kappa shape index (κ1) is 8.96. The number of aromatic nitrogens is 5. The average Bonchev–Trinajstić information content (AvgIpc) is 2.81. The number of nitrogens with zero attached hydrogens (tertiary/aromatic N) is 5. The molecule has 0 fully saturated rings. The maximum absolute atomic E-state index is 4.20. The Bertz CT molecular complexity index is 629. The molecule has 0 saturated carbocycles. The average molecular weight is 211 g/mol. The van der Waals surface area contributed by atoms with Gasteiger partial charge in [-0.05, 0) is 6.92 Å². The van der Waals surface area contributed by atoms with Crippen LogP contribution in [0.1, 0.15) is 5.82 Å². The van der Waals surface area contributed by atoms with Crippen LogP contribution in [0.3, 0.4) is 0 Å². The highest BCUT2D eigenvalue weighted by atomic mass is 15.4. The minimum absolute atomic E-state index is 0.729. The third kappa shape index (κ3) is 1.25. The predicted molar refractivity (Wildman–Crippen MR) is 58.8 cm³/mol. The molecule has 5 nitrogen and oxygen atoms in total. The van der Waals surface area contributed by atoms with E-state index in [-0.39, 0.29) is 0 Å². The summed E-state index contributed by atoms with van der Waals surface area (Å²) < 4.78 is 1.69. The van der Waals surface area contributed by atoms with Crippen LogP contribution < -0.4 is 0 Å². The van der Waals surface area contributed by atoms with Crippen molar-refractivity contribution in [2.24, 2.45) is 0 Å². The highest BCUT2D eigenvalue weighted by Crippen LogP contribution is 2.20. The van der Waals surface area contributed by atoms with E-state index in [1.54, 1.807) is 10.7 Å². The summed E-state index contributed by atoms with van der Waals surface area (Å²) in [6.45, 7) is 1.85. The molecule has 3 aromatic rings. The van der Waals surface area contributed by atoms with E-state index in [9.17, 15) is 0 Å². The van der Waals surface area contributed by atoms with Crippen molar-refractivity contribution in [3.05, 3.63) is 42.4 Å². The molecule has 0 aliphatic heterocycles. The van der Waals surface area contributed by atoms with Crippen LogP contribution in [-0.4, -0.2) is 25.0 Å². The lowest BCUT2D eigenvalue weighted by atomic mass is 10.1. The smallest absolute Gasteiger partial charge is 0.151 e. The van der Waals surface area contributed by atoms with E-state index in [0.717, 1.165) is 22.6 Å². The maximum Gasteiger partial charge on any atom is 0.151 e. The molecule has 0 atom stereocenters. The molecule has 0 aliphatic carbocycles. The van der Waals surface area contributed by atoms with Crippen LogP contribution in [0, 0.1) is 6.92 Å². The Hall–Kier alpha value is -2.30. The first-order valence-corrected chi connectivity index (χ1v) is 4.95. The lowest BCUT2D eigenvalue weighted by molar-refractivity contribution is 0.768. The second-order valence-electron chi connectivity index (χ2n) is 3.49. The molecule has 2 aromatic heterocycles. The molecule has 0 amide bonds. The standard InChI is InChI=1S/C11H9N5/c1-8-13-14-11(9-5-3-2-4-6-9)10-7-12-15-16(8)10/h2-7H,1H3. The van der Waals surface area contributed by atoms with Gasteiger partial charge in [-0.1, -0.05) is 35.5 Å². The van der Waals surface area contributed by atoms with E-state index in [4.69, 9.17) is 0 Å². The van der Waals surface area contributed by atoms with Crippen LogP contribution in [0.5, 0.6) is 0 Å². The van der Waals surface area contributed by atoms with Gasteiger partial charge in [0.05, 0.1) is 6.20 Å². The number of benzene rings is 1. The Morgan fingerprint density at radius 3 is 2.69 bits per heavy atom. The first-order chi connectivity index (χ1) is 7.86. The molecular formula is C11H9N5. The summed E-state index contributed by atoms with van der Waals surface area (Å²) in [6.07, 6.45) is 1.70. The predicted octanol–water partition coefficient (Wildman–Crippen LogP) is 1.49. The Balaban J connectivity index is 2.33. The van der Waals surface area contributed by atoms with Crippen LogP contribution >= 0.6 is 0 Å². The van der Waals surface area contributed by atoms with Crippen molar-refractivity contribution >= 4 is 5.52 Å². The van der Waals surface area contributed by atoms with Gasteiger partial charge in [0.25, 0.3) is 0 Å². The summed E-state index contributed by atoms with van der Waals surface area (Å²) in [4.78, 5) is 0. The zero-order chi connectivity index (χ0) is 11.0. The van der Waals surface area contributed by atoms with E-state index in [1.807, 2.05) is 37.3 Å². The van der Waals surface area contributed by atoms with Crippen molar-refractivity contribution in [2.75, 3.05) is 0 Å². The summed E-state index contributed by atoms with van der Waals surface area (Å²) in [5, 5.41) is 16.1. The van der Waals surface area contributed by atoms with Gasteiger partial charge in [-0.15, -0.1) is 15.3 Å². The third-order valence-electron chi connectivity index (χ3n) is 2.44. The third-order valence-corrected chi connectivity index (χ3v) is 2.44. The van der Waals surface area contributed by atoms with Crippen molar-refractivity contribution in [1.29, 1.82) is 0 Å². The number of aryl methyl sites for hydroxylation is 1. The van der Waals surface area contributed by atoms with Gasteiger partial charge in [0, 0.05) is 5.56 Å². The van der Waals surface area contributed by atoms with E-state index in [0.29, 0.717) is 0 Å². The molecule has 0 spiro atoms. The molecule has 0 unspecified atom stereocenters. The van der Waals surface area contributed by atoms with Crippen LogP contribution in [-0.2, 0) is 0 Å². The molecule has 5 heteroatoms. The van der Waals surface area contributed by atoms with Crippen LogP contribution in [0.4, 0.5) is 0 Å². The molecule has 16 heavy (non-hydrogen) atoms. The Morgan fingerprint density at radius 2 is 1.88 bits per heavy atom. The Labute approximate surface area is 91.8 Å². The summed E-state index contributed by atoms with van der Waals surface area (Å²) in [6, 6.07) is 9.89. The molecule has 0 saturated heterocycles. The van der Waals surface area contributed by atoms with Gasteiger partial charge >= 0.3 is 0 Å². The molecule has 78 valence electrons. The second-order valence-corrected chi connectivity index (χ2v) is 3.49. The van der Waals surface area contributed by atoms with Crippen LogP contribution in [0.15, 0.2) is 36.5 Å². The lowest BCUT2D eigenvalue weighted by Crippen LogP contribution is -2.01. The molecule has 0 N–H and O–H groups in total. The summed E-state index contributed by atoms with van der Waals surface area (Å²) >= 11 is 0. The highest BCUT2D eigenvalue weighted by molar-refractivity contribution is 5.75. The SMILES string of the molecule is Cc1nnc(-c2ccccc2)c2cnnn12. The first-order valence-electron chi connectivity index (χ1n) is 4.95. The molecule has 0 aliphatic rings. The summed E-state index contributed by atoms with van der Waals surface area (Å²) in [5.41, 5.74) is 2.69. The molecule has 1 aromatic carbocycles. The quantitative estimate of drug-likeness (QED) is 0.612. The minimum atomic E-state index is 0.729. The molecule has 0 radical (unpaired) electrons. The van der Waals surface area contributed by atoms with Crippen molar-refractivity contribution < 1.29 is 0 Å². The fourth-order valence-electron chi connectivity index (χ4n) is 1.65.